The quantitative estimate of drug-likeness (QED) is 0.868. The molecule has 6 heteroatoms. The Morgan fingerprint density at radius 1 is 1.12 bits per heavy atom. The van der Waals surface area contributed by atoms with Gasteiger partial charge in [-0.1, -0.05) is 35.5 Å². The molecule has 132 valence electrons. The number of nitrogens with zero attached hydrogens (tertiary/aromatic N) is 3. The lowest BCUT2D eigenvalue weighted by Crippen LogP contribution is -2.49. The molecule has 2 aliphatic rings. The fraction of sp³-hybridized carbons (Fsp3) is 0.474. The molecule has 1 saturated carbocycles. The third-order valence-electron chi connectivity index (χ3n) is 4.78. The van der Waals surface area contributed by atoms with Gasteiger partial charge in [-0.2, -0.15) is 0 Å². The van der Waals surface area contributed by atoms with E-state index in [1.54, 1.807) is 0 Å². The number of piperazine rings is 1. The van der Waals surface area contributed by atoms with Gasteiger partial charge >= 0.3 is 0 Å². The van der Waals surface area contributed by atoms with Crippen molar-refractivity contribution >= 4 is 5.91 Å². The fourth-order valence-corrected chi connectivity index (χ4v) is 3.16. The molecule has 1 aromatic heterocycles. The van der Waals surface area contributed by atoms with Gasteiger partial charge in [0.1, 0.15) is 5.69 Å². The number of hydrogen-bond donors (Lipinski definition) is 1. The number of amides is 1. The molecule has 0 radical (unpaired) electrons. The minimum Gasteiger partial charge on any atom is -0.359 e. The zero-order valence-electron chi connectivity index (χ0n) is 14.4. The minimum absolute atomic E-state index is 0.165. The highest BCUT2D eigenvalue weighted by Gasteiger charge is 2.25. The van der Waals surface area contributed by atoms with Gasteiger partial charge in [-0.3, -0.25) is 14.6 Å². The van der Waals surface area contributed by atoms with Crippen LogP contribution in [0, 0.1) is 0 Å². The third-order valence-corrected chi connectivity index (χ3v) is 4.78. The van der Waals surface area contributed by atoms with Gasteiger partial charge < -0.3 is 9.84 Å². The molecule has 0 unspecified atom stereocenters. The summed E-state index contributed by atoms with van der Waals surface area (Å²) in [6.07, 6.45) is 2.28. The number of aromatic nitrogens is 1. The maximum absolute atomic E-state index is 11.9. The van der Waals surface area contributed by atoms with Crippen LogP contribution in [0.25, 0.3) is 11.3 Å². The van der Waals surface area contributed by atoms with Crippen molar-refractivity contribution in [2.24, 2.45) is 0 Å². The molecule has 0 spiro atoms. The Hall–Kier alpha value is -2.18. The van der Waals surface area contributed by atoms with E-state index in [2.05, 4.69) is 20.3 Å². The third kappa shape index (κ3) is 4.46. The summed E-state index contributed by atoms with van der Waals surface area (Å²) in [6.45, 7) is 5.00. The van der Waals surface area contributed by atoms with Crippen molar-refractivity contribution in [1.29, 1.82) is 0 Å². The molecule has 2 aromatic rings. The van der Waals surface area contributed by atoms with E-state index in [0.717, 1.165) is 62.6 Å². The lowest BCUT2D eigenvalue weighted by Gasteiger charge is -2.33. The van der Waals surface area contributed by atoms with Crippen LogP contribution in [-0.4, -0.2) is 59.6 Å². The molecule has 1 aromatic carbocycles. The summed E-state index contributed by atoms with van der Waals surface area (Å²) < 4.78 is 5.49. The van der Waals surface area contributed by atoms with Gasteiger partial charge in [0.05, 0.1) is 13.1 Å². The van der Waals surface area contributed by atoms with Crippen molar-refractivity contribution in [3.63, 3.8) is 0 Å². The van der Waals surface area contributed by atoms with E-state index < -0.39 is 0 Å². The molecule has 1 amide bonds. The summed E-state index contributed by atoms with van der Waals surface area (Å²) in [7, 11) is 0. The van der Waals surface area contributed by atoms with Crippen LogP contribution < -0.4 is 5.32 Å². The van der Waals surface area contributed by atoms with Crippen LogP contribution in [0.4, 0.5) is 0 Å². The first-order chi connectivity index (χ1) is 12.3. The van der Waals surface area contributed by atoms with Gasteiger partial charge in [0.2, 0.25) is 5.91 Å². The first-order valence-corrected chi connectivity index (χ1v) is 9.01. The first kappa shape index (κ1) is 16.3. The summed E-state index contributed by atoms with van der Waals surface area (Å²) in [6, 6.07) is 12.5. The molecule has 1 N–H and O–H groups in total. The zero-order chi connectivity index (χ0) is 17.1. The predicted octanol–water partition coefficient (Wildman–Crippen LogP) is 1.74. The summed E-state index contributed by atoms with van der Waals surface area (Å²) in [5.41, 5.74) is 1.95. The van der Waals surface area contributed by atoms with E-state index in [0.29, 0.717) is 12.6 Å². The molecular formula is C19H24N4O2. The highest BCUT2D eigenvalue weighted by Crippen LogP contribution is 2.20. The van der Waals surface area contributed by atoms with Gasteiger partial charge in [0.15, 0.2) is 5.76 Å². The normalized spacial score (nSPS) is 19.0. The fourth-order valence-electron chi connectivity index (χ4n) is 3.16. The first-order valence-electron chi connectivity index (χ1n) is 9.01. The Labute approximate surface area is 147 Å². The van der Waals surface area contributed by atoms with Crippen molar-refractivity contribution in [2.45, 2.75) is 25.4 Å². The predicted molar refractivity (Wildman–Crippen MR) is 94.8 cm³/mol. The van der Waals surface area contributed by atoms with Gasteiger partial charge in [-0.15, -0.1) is 0 Å². The average molecular weight is 340 g/mol. The molecule has 1 saturated heterocycles. The van der Waals surface area contributed by atoms with E-state index in [-0.39, 0.29) is 5.91 Å². The molecule has 4 rings (SSSR count). The van der Waals surface area contributed by atoms with Gasteiger partial charge in [-0.05, 0) is 12.8 Å². The van der Waals surface area contributed by atoms with Crippen LogP contribution in [0.2, 0.25) is 0 Å². The van der Waals surface area contributed by atoms with Crippen LogP contribution in [-0.2, 0) is 11.3 Å². The highest BCUT2D eigenvalue weighted by molar-refractivity contribution is 5.78. The standard InChI is InChI=1S/C19H24N4O2/c24-19(20-16-6-7-16)14-23-10-8-22(9-11-23)13-17-12-18(21-25-17)15-4-2-1-3-5-15/h1-5,12,16H,6-11,13-14H2,(H,20,24). The van der Waals surface area contributed by atoms with Gasteiger partial charge in [0.25, 0.3) is 0 Å². The molecule has 2 heterocycles. The highest BCUT2D eigenvalue weighted by atomic mass is 16.5. The van der Waals surface area contributed by atoms with Crippen molar-refractivity contribution in [1.82, 2.24) is 20.3 Å². The smallest absolute Gasteiger partial charge is 0.234 e. The molecule has 0 bridgehead atoms. The maximum atomic E-state index is 11.9. The van der Waals surface area contributed by atoms with E-state index in [1.165, 1.54) is 0 Å². The van der Waals surface area contributed by atoms with E-state index >= 15 is 0 Å². The number of rotatable bonds is 6. The number of carbonyl (C=O) groups is 1. The lowest BCUT2D eigenvalue weighted by molar-refractivity contribution is -0.122. The van der Waals surface area contributed by atoms with Crippen LogP contribution in [0.3, 0.4) is 0 Å². The molecule has 0 atom stereocenters. The van der Waals surface area contributed by atoms with Crippen LogP contribution in [0.1, 0.15) is 18.6 Å². The molecule has 2 fully saturated rings. The monoisotopic (exact) mass is 340 g/mol. The summed E-state index contributed by atoms with van der Waals surface area (Å²) in [4.78, 5) is 16.5. The summed E-state index contributed by atoms with van der Waals surface area (Å²) >= 11 is 0. The Morgan fingerprint density at radius 3 is 2.56 bits per heavy atom. The average Bonchev–Trinajstić information content (AvgIpc) is 3.32. The molecule has 1 aliphatic carbocycles. The van der Waals surface area contributed by atoms with Crippen molar-refractivity contribution < 1.29 is 9.32 Å². The zero-order valence-corrected chi connectivity index (χ0v) is 14.4. The Bertz CT molecular complexity index is 703. The lowest BCUT2D eigenvalue weighted by atomic mass is 10.1. The Morgan fingerprint density at radius 2 is 1.84 bits per heavy atom. The molecule has 1 aliphatic heterocycles. The van der Waals surface area contributed by atoms with E-state index in [9.17, 15) is 4.79 Å². The second kappa shape index (κ2) is 7.37. The number of hydrogen-bond acceptors (Lipinski definition) is 5. The number of benzene rings is 1. The number of carbonyl (C=O) groups excluding carboxylic acids is 1. The molecule has 25 heavy (non-hydrogen) atoms. The summed E-state index contributed by atoms with van der Waals surface area (Å²) in [5.74, 6) is 1.05. The topological polar surface area (TPSA) is 61.6 Å². The van der Waals surface area contributed by atoms with Crippen LogP contribution in [0.5, 0.6) is 0 Å². The second-order valence-corrected chi connectivity index (χ2v) is 6.94. The molecule has 6 nitrogen and oxygen atoms in total. The van der Waals surface area contributed by atoms with Crippen molar-refractivity contribution in [3.05, 3.63) is 42.2 Å². The van der Waals surface area contributed by atoms with E-state index in [1.807, 2.05) is 36.4 Å². The maximum Gasteiger partial charge on any atom is 0.234 e. The SMILES string of the molecule is O=C(CN1CCN(Cc2cc(-c3ccccc3)no2)CC1)NC1CC1. The number of nitrogens with one attached hydrogen (secondary N) is 1. The Balaban J connectivity index is 1.24. The minimum atomic E-state index is 0.165. The largest absolute Gasteiger partial charge is 0.359 e. The van der Waals surface area contributed by atoms with Crippen LogP contribution >= 0.6 is 0 Å². The van der Waals surface area contributed by atoms with Crippen LogP contribution in [0.15, 0.2) is 40.9 Å². The Kier molecular flexibility index (Phi) is 4.81. The summed E-state index contributed by atoms with van der Waals surface area (Å²) in [5, 5.41) is 7.23. The van der Waals surface area contributed by atoms with Crippen molar-refractivity contribution in [2.75, 3.05) is 32.7 Å². The second-order valence-electron chi connectivity index (χ2n) is 6.94. The van der Waals surface area contributed by atoms with Gasteiger partial charge in [-0.25, -0.2) is 0 Å². The van der Waals surface area contributed by atoms with Crippen molar-refractivity contribution in [3.8, 4) is 11.3 Å². The van der Waals surface area contributed by atoms with Gasteiger partial charge in [0, 0.05) is 43.9 Å². The molecular weight excluding hydrogens is 316 g/mol. The van der Waals surface area contributed by atoms with E-state index in [4.69, 9.17) is 4.52 Å².